The maximum absolute atomic E-state index is 13.8. The molecule has 1 fully saturated rings. The summed E-state index contributed by atoms with van der Waals surface area (Å²) in [5, 5.41) is 2.22. The molecule has 1 N–H and O–H groups in total. The van der Waals surface area contributed by atoms with Crippen LogP contribution in [0.1, 0.15) is 32.1 Å². The molecular formula is C28H19F3N4O3S2. The molecule has 12 heteroatoms. The second kappa shape index (κ2) is 11.1. The van der Waals surface area contributed by atoms with Gasteiger partial charge < -0.3 is 0 Å². The first-order chi connectivity index (χ1) is 19.1. The van der Waals surface area contributed by atoms with E-state index >= 15 is 0 Å². The Hall–Kier alpha value is -4.29. The van der Waals surface area contributed by atoms with Crippen molar-refractivity contribution in [1.82, 2.24) is 15.3 Å². The van der Waals surface area contributed by atoms with Gasteiger partial charge >= 0.3 is 6.18 Å². The highest BCUT2D eigenvalue weighted by Crippen LogP contribution is 2.34. The Morgan fingerprint density at radius 2 is 1.75 bits per heavy atom. The quantitative estimate of drug-likeness (QED) is 0.255. The molecule has 5 rings (SSSR count). The van der Waals surface area contributed by atoms with Crippen LogP contribution in [-0.4, -0.2) is 27.0 Å². The molecule has 1 saturated heterocycles. The van der Waals surface area contributed by atoms with Crippen LogP contribution in [0.4, 0.5) is 23.8 Å². The van der Waals surface area contributed by atoms with E-state index in [4.69, 9.17) is 0 Å². The highest BCUT2D eigenvalue weighted by atomic mass is 32.2. The first kappa shape index (κ1) is 27.3. The van der Waals surface area contributed by atoms with Crippen molar-refractivity contribution >= 4 is 52.0 Å². The number of aryl methyl sites for hydroxylation is 1. The van der Waals surface area contributed by atoms with Crippen molar-refractivity contribution in [2.75, 3.05) is 4.90 Å². The third kappa shape index (κ3) is 5.97. The summed E-state index contributed by atoms with van der Waals surface area (Å²) in [6.45, 7) is 1.85. The van der Waals surface area contributed by atoms with Crippen LogP contribution in [0.5, 0.6) is 0 Å². The lowest BCUT2D eigenvalue weighted by molar-refractivity contribution is -0.137. The fourth-order valence-corrected chi connectivity index (χ4v) is 5.59. The molecule has 0 atom stereocenters. The molecule has 0 saturated carbocycles. The zero-order valence-electron chi connectivity index (χ0n) is 20.7. The topological polar surface area (TPSA) is 92.3 Å². The van der Waals surface area contributed by atoms with Crippen LogP contribution in [0.15, 0.2) is 77.8 Å². The van der Waals surface area contributed by atoms with Crippen molar-refractivity contribution in [3.05, 3.63) is 105 Å². The van der Waals surface area contributed by atoms with Crippen LogP contribution < -0.4 is 10.2 Å². The molecule has 3 amide bonds. The summed E-state index contributed by atoms with van der Waals surface area (Å²) >= 11 is 1.93. The molecule has 0 radical (unpaired) electrons. The van der Waals surface area contributed by atoms with Gasteiger partial charge in [0, 0.05) is 11.8 Å². The maximum Gasteiger partial charge on any atom is 0.416 e. The van der Waals surface area contributed by atoms with Gasteiger partial charge in [-0.15, -0.1) is 11.3 Å². The van der Waals surface area contributed by atoms with E-state index in [2.05, 4.69) is 15.3 Å². The fraction of sp³-hybridized carbons (Fsp3) is 0.107. The van der Waals surface area contributed by atoms with Crippen LogP contribution in [0.3, 0.4) is 0 Å². The van der Waals surface area contributed by atoms with E-state index in [1.165, 1.54) is 17.0 Å². The molecular weight excluding hydrogens is 561 g/mol. The van der Waals surface area contributed by atoms with E-state index in [0.717, 1.165) is 40.8 Å². The molecule has 1 aliphatic rings. The number of hydrogen-bond acceptors (Lipinski definition) is 7. The third-order valence-corrected chi connectivity index (χ3v) is 7.89. The summed E-state index contributed by atoms with van der Waals surface area (Å²) in [6, 6.07) is 17.0. The third-order valence-electron chi connectivity index (χ3n) is 5.88. The molecule has 202 valence electrons. The first-order valence-electron chi connectivity index (χ1n) is 11.8. The summed E-state index contributed by atoms with van der Waals surface area (Å²) < 4.78 is 38.9. The van der Waals surface area contributed by atoms with Crippen molar-refractivity contribution in [2.45, 2.75) is 19.6 Å². The van der Waals surface area contributed by atoms with Crippen molar-refractivity contribution in [3.8, 4) is 10.6 Å². The Kier molecular flexibility index (Phi) is 7.55. The fourth-order valence-electron chi connectivity index (χ4n) is 3.89. The highest BCUT2D eigenvalue weighted by Gasteiger charge is 2.30. The Morgan fingerprint density at radius 3 is 2.35 bits per heavy atom. The van der Waals surface area contributed by atoms with Gasteiger partial charge in [0.15, 0.2) is 0 Å². The van der Waals surface area contributed by atoms with E-state index in [9.17, 15) is 27.6 Å². The van der Waals surface area contributed by atoms with Crippen LogP contribution in [-0.2, 0) is 17.5 Å². The minimum atomic E-state index is -4.44. The number of alkyl halides is 3. The molecule has 0 bridgehead atoms. The van der Waals surface area contributed by atoms with Gasteiger partial charge in [0.05, 0.1) is 22.7 Å². The Balaban J connectivity index is 1.41. The number of halogens is 3. The molecule has 0 aliphatic carbocycles. The van der Waals surface area contributed by atoms with Gasteiger partial charge in [0.1, 0.15) is 15.7 Å². The van der Waals surface area contributed by atoms with Crippen molar-refractivity contribution < 1.29 is 27.6 Å². The SMILES string of the molecule is Cc1nc(-c2ccc(C(F)(F)F)cc2)sc1C(=O)N(Cc1ccc(/C=C2/SC(=O)NC2=O)cc1)c1ccccn1. The summed E-state index contributed by atoms with van der Waals surface area (Å²) in [5.41, 5.74) is 1.67. The summed E-state index contributed by atoms with van der Waals surface area (Å²) in [6.07, 6.45) is -1.26. The monoisotopic (exact) mass is 580 g/mol. The average molecular weight is 581 g/mol. The number of hydrogen-bond donors (Lipinski definition) is 1. The standard InChI is InChI=1S/C28H19F3N4O3S2/c1-16-23(40-25(33-16)19-9-11-20(12-10-19)28(29,30)31)26(37)35(22-4-2-3-13-32-22)15-18-7-5-17(6-8-18)14-21-24(36)34-27(38)39-21/h2-14H,15H2,1H3,(H,34,36,38)/b21-14+. The van der Waals surface area contributed by atoms with Crippen molar-refractivity contribution in [3.63, 3.8) is 0 Å². The van der Waals surface area contributed by atoms with Gasteiger partial charge in [-0.25, -0.2) is 9.97 Å². The Bertz CT molecular complexity index is 1620. The molecule has 1 aliphatic heterocycles. The van der Waals surface area contributed by atoms with Gasteiger partial charge in [-0.1, -0.05) is 42.5 Å². The van der Waals surface area contributed by atoms with Gasteiger partial charge in [0.25, 0.3) is 17.1 Å². The molecule has 0 unspecified atom stereocenters. The number of thioether (sulfide) groups is 1. The number of benzene rings is 2. The first-order valence-corrected chi connectivity index (χ1v) is 13.4. The number of thiazole rings is 1. The number of imide groups is 1. The van der Waals surface area contributed by atoms with Gasteiger partial charge in [-0.3, -0.25) is 24.6 Å². The maximum atomic E-state index is 13.8. The zero-order valence-corrected chi connectivity index (χ0v) is 22.4. The van der Waals surface area contributed by atoms with Crippen LogP contribution in [0.25, 0.3) is 16.6 Å². The molecule has 7 nitrogen and oxygen atoms in total. The summed E-state index contributed by atoms with van der Waals surface area (Å²) in [4.78, 5) is 48.0. The normalized spacial score (nSPS) is 14.4. The highest BCUT2D eigenvalue weighted by molar-refractivity contribution is 8.18. The minimum absolute atomic E-state index is 0.174. The predicted octanol–water partition coefficient (Wildman–Crippen LogP) is 6.70. The van der Waals surface area contributed by atoms with E-state index in [1.54, 1.807) is 49.5 Å². The van der Waals surface area contributed by atoms with E-state index in [0.29, 0.717) is 37.4 Å². The smallest absolute Gasteiger partial charge is 0.287 e. The average Bonchev–Trinajstić information content (AvgIpc) is 3.48. The molecule has 40 heavy (non-hydrogen) atoms. The number of anilines is 1. The molecule has 3 heterocycles. The number of pyridine rings is 1. The Labute approximate surface area is 234 Å². The summed E-state index contributed by atoms with van der Waals surface area (Å²) in [7, 11) is 0. The molecule has 0 spiro atoms. The Morgan fingerprint density at radius 1 is 1.02 bits per heavy atom. The molecule has 2 aromatic heterocycles. The van der Waals surface area contributed by atoms with Crippen molar-refractivity contribution in [2.24, 2.45) is 0 Å². The van der Waals surface area contributed by atoms with E-state index in [1.807, 2.05) is 12.1 Å². The minimum Gasteiger partial charge on any atom is -0.287 e. The number of aromatic nitrogens is 2. The number of carbonyl (C=O) groups is 3. The lowest BCUT2D eigenvalue weighted by atomic mass is 10.1. The van der Waals surface area contributed by atoms with Crippen LogP contribution in [0.2, 0.25) is 0 Å². The second-order valence-electron chi connectivity index (χ2n) is 8.68. The second-order valence-corrected chi connectivity index (χ2v) is 10.7. The van der Waals surface area contributed by atoms with E-state index in [-0.39, 0.29) is 12.5 Å². The summed E-state index contributed by atoms with van der Waals surface area (Å²) in [5.74, 6) is -0.377. The number of carbonyl (C=O) groups excluding carboxylic acids is 3. The van der Waals surface area contributed by atoms with Crippen molar-refractivity contribution in [1.29, 1.82) is 0 Å². The number of nitrogens with one attached hydrogen (secondary N) is 1. The lowest BCUT2D eigenvalue weighted by Gasteiger charge is -2.21. The van der Waals surface area contributed by atoms with Gasteiger partial charge in [-0.2, -0.15) is 13.2 Å². The van der Waals surface area contributed by atoms with Crippen LogP contribution in [0, 0.1) is 6.92 Å². The van der Waals surface area contributed by atoms with Gasteiger partial charge in [-0.05, 0) is 60.2 Å². The molecule has 2 aromatic carbocycles. The number of amides is 3. The van der Waals surface area contributed by atoms with Gasteiger partial charge in [0.2, 0.25) is 0 Å². The van der Waals surface area contributed by atoms with E-state index < -0.39 is 22.9 Å². The van der Waals surface area contributed by atoms with Crippen LogP contribution >= 0.6 is 23.1 Å². The zero-order chi connectivity index (χ0) is 28.4. The number of nitrogens with zero attached hydrogens (tertiary/aromatic N) is 3. The predicted molar refractivity (Wildman–Crippen MR) is 148 cm³/mol. The number of rotatable bonds is 6. The largest absolute Gasteiger partial charge is 0.416 e. The lowest BCUT2D eigenvalue weighted by Crippen LogP contribution is -2.31. The molecule has 4 aromatic rings.